The van der Waals surface area contributed by atoms with Gasteiger partial charge in [-0.15, -0.1) is 11.3 Å². The first kappa shape index (κ1) is 19.9. The molecule has 1 aliphatic carbocycles. The number of nitrogens with one attached hydrogen (secondary N) is 1. The van der Waals surface area contributed by atoms with Gasteiger partial charge in [0.15, 0.2) is 0 Å². The van der Waals surface area contributed by atoms with Crippen LogP contribution in [0.2, 0.25) is 0 Å². The van der Waals surface area contributed by atoms with Crippen LogP contribution in [0.1, 0.15) is 46.6 Å². The van der Waals surface area contributed by atoms with Crippen LogP contribution < -0.4 is 20.7 Å². The average molecular weight is 449 g/mol. The Morgan fingerprint density at radius 1 is 1.25 bits per heavy atom. The van der Waals surface area contributed by atoms with Crippen LogP contribution in [0.15, 0.2) is 30.3 Å². The number of rotatable bonds is 3. The second kappa shape index (κ2) is 7.66. The topological polar surface area (TPSA) is 80.5 Å². The Bertz CT molecular complexity index is 1210. The lowest BCUT2D eigenvalue weighted by Crippen LogP contribution is -2.57. The number of nitrogen functional groups attached to an aromatic ring is 1. The fourth-order valence-corrected chi connectivity index (χ4v) is 6.54. The molecule has 3 aliphatic rings. The predicted molar refractivity (Wildman–Crippen MR) is 129 cm³/mol. The molecule has 0 spiro atoms. The van der Waals surface area contributed by atoms with E-state index in [9.17, 15) is 4.79 Å². The number of hydrogen-bond donors (Lipinski definition) is 2. The van der Waals surface area contributed by atoms with Gasteiger partial charge >= 0.3 is 0 Å². The number of carbonyl (C=O) groups excluding carboxylic acids is 1. The minimum Gasteiger partial charge on any atom is -0.491 e. The molecule has 3 atom stereocenters. The Labute approximate surface area is 191 Å². The summed E-state index contributed by atoms with van der Waals surface area (Å²) in [6.07, 6.45) is 6.19. The van der Waals surface area contributed by atoms with Crippen molar-refractivity contribution in [2.75, 3.05) is 23.8 Å². The van der Waals surface area contributed by atoms with Gasteiger partial charge in [0.1, 0.15) is 22.1 Å². The Kier molecular flexibility index (Phi) is 4.75. The number of aryl methyl sites for hydroxylation is 1. The first-order chi connectivity index (χ1) is 15.6. The molecular weight excluding hydrogens is 420 g/mol. The van der Waals surface area contributed by atoms with Gasteiger partial charge in [-0.3, -0.25) is 4.79 Å². The molecule has 0 bridgehead atoms. The van der Waals surface area contributed by atoms with Crippen LogP contribution in [0.3, 0.4) is 0 Å². The van der Waals surface area contributed by atoms with Crippen molar-refractivity contribution in [2.45, 2.75) is 51.1 Å². The zero-order valence-electron chi connectivity index (χ0n) is 18.3. The Morgan fingerprint density at radius 3 is 3.00 bits per heavy atom. The number of hydrogen-bond acceptors (Lipinski definition) is 6. The Hall–Kier alpha value is -2.80. The van der Waals surface area contributed by atoms with Crippen LogP contribution >= 0.6 is 11.3 Å². The monoisotopic (exact) mass is 448 g/mol. The lowest BCUT2D eigenvalue weighted by molar-refractivity contribution is 0.0920. The highest BCUT2D eigenvalue weighted by Crippen LogP contribution is 2.42. The van der Waals surface area contributed by atoms with Gasteiger partial charge in [0.2, 0.25) is 0 Å². The largest absolute Gasteiger partial charge is 0.491 e. The summed E-state index contributed by atoms with van der Waals surface area (Å²) in [5.74, 6) is 1.68. The van der Waals surface area contributed by atoms with E-state index in [1.54, 1.807) is 0 Å². The standard InChI is InChI=1S/C25H28N4O2S/c1-14-6-9-19-22(26)23(32-25(19)27-14)24(30)28-17-10-15-7-8-18(11-21(15)31-13-17)29-12-16-4-2-3-5-20(16)29/h6-9,11,16-17,20H,2-5,10,12-13,26H2,1H3,(H,28,30)/t16-,17-,20-/m1/s1. The molecular formula is C25H28N4O2S. The number of amides is 1. The molecule has 0 unspecified atom stereocenters. The van der Waals surface area contributed by atoms with E-state index in [4.69, 9.17) is 10.5 Å². The van der Waals surface area contributed by atoms with Gasteiger partial charge in [0, 0.05) is 35.4 Å². The summed E-state index contributed by atoms with van der Waals surface area (Å²) in [5, 5.41) is 3.96. The molecule has 1 saturated carbocycles. The number of nitrogens with two attached hydrogens (primary N) is 1. The van der Waals surface area contributed by atoms with E-state index in [-0.39, 0.29) is 11.9 Å². The molecule has 6 rings (SSSR count). The van der Waals surface area contributed by atoms with E-state index in [1.165, 1.54) is 49.3 Å². The third-order valence-corrected chi connectivity index (χ3v) is 8.38. The maximum Gasteiger partial charge on any atom is 0.263 e. The smallest absolute Gasteiger partial charge is 0.263 e. The number of carbonyl (C=O) groups is 1. The summed E-state index contributed by atoms with van der Waals surface area (Å²) in [6, 6.07) is 11.1. The molecule has 3 N–H and O–H groups in total. The second-order valence-corrected chi connectivity index (χ2v) is 10.4. The van der Waals surface area contributed by atoms with Crippen molar-refractivity contribution in [1.29, 1.82) is 0 Å². The summed E-state index contributed by atoms with van der Waals surface area (Å²) < 4.78 is 6.09. The fourth-order valence-electron chi connectivity index (χ4n) is 5.50. The molecule has 2 aliphatic heterocycles. The van der Waals surface area contributed by atoms with Crippen molar-refractivity contribution in [2.24, 2.45) is 5.92 Å². The van der Waals surface area contributed by atoms with Crippen LogP contribution in [0.25, 0.3) is 10.2 Å². The number of anilines is 2. The molecule has 2 aromatic heterocycles. The molecule has 0 radical (unpaired) electrons. The molecule has 7 heteroatoms. The van der Waals surface area contributed by atoms with Gasteiger partial charge in [-0.2, -0.15) is 0 Å². The van der Waals surface area contributed by atoms with Crippen molar-refractivity contribution in [3.05, 3.63) is 46.5 Å². The SMILES string of the molecule is Cc1ccc2c(N)c(C(=O)N[C@H]3COc4cc(N5C[C@H]6CCCC[C@H]65)ccc4C3)sc2n1. The van der Waals surface area contributed by atoms with Crippen molar-refractivity contribution in [3.63, 3.8) is 0 Å². The number of fused-ring (bicyclic) bond motifs is 3. The van der Waals surface area contributed by atoms with Crippen molar-refractivity contribution in [3.8, 4) is 5.75 Å². The lowest BCUT2D eigenvalue weighted by Gasteiger charge is -2.52. The van der Waals surface area contributed by atoms with E-state index >= 15 is 0 Å². The molecule has 166 valence electrons. The van der Waals surface area contributed by atoms with E-state index in [0.29, 0.717) is 23.2 Å². The number of thiophene rings is 1. The lowest BCUT2D eigenvalue weighted by atomic mass is 9.76. The maximum atomic E-state index is 13.0. The highest BCUT2D eigenvalue weighted by molar-refractivity contribution is 7.21. The molecule has 6 nitrogen and oxygen atoms in total. The zero-order chi connectivity index (χ0) is 21.8. The highest BCUT2D eigenvalue weighted by Gasteiger charge is 2.40. The van der Waals surface area contributed by atoms with Crippen LogP contribution in [-0.2, 0) is 6.42 Å². The second-order valence-electron chi connectivity index (χ2n) is 9.39. The molecule has 1 saturated heterocycles. The molecule has 2 fully saturated rings. The summed E-state index contributed by atoms with van der Waals surface area (Å²) in [6.45, 7) is 3.58. The van der Waals surface area contributed by atoms with Gasteiger partial charge in [-0.25, -0.2) is 4.98 Å². The minimum atomic E-state index is -0.152. The Morgan fingerprint density at radius 2 is 2.12 bits per heavy atom. The summed E-state index contributed by atoms with van der Waals surface area (Å²) >= 11 is 1.35. The van der Waals surface area contributed by atoms with E-state index in [2.05, 4.69) is 33.4 Å². The summed E-state index contributed by atoms with van der Waals surface area (Å²) in [4.78, 5) is 21.3. The normalized spacial score (nSPS) is 24.3. The van der Waals surface area contributed by atoms with E-state index < -0.39 is 0 Å². The molecule has 3 aromatic rings. The minimum absolute atomic E-state index is 0.0770. The molecule has 4 heterocycles. The zero-order valence-corrected chi connectivity index (χ0v) is 19.1. The van der Waals surface area contributed by atoms with Crippen molar-refractivity contribution >= 4 is 38.8 Å². The quantitative estimate of drug-likeness (QED) is 0.624. The van der Waals surface area contributed by atoms with Gasteiger partial charge in [-0.1, -0.05) is 18.9 Å². The predicted octanol–water partition coefficient (Wildman–Crippen LogP) is 4.30. The number of pyridine rings is 1. The van der Waals surface area contributed by atoms with Gasteiger partial charge in [-0.05, 0) is 55.9 Å². The van der Waals surface area contributed by atoms with Crippen LogP contribution in [0, 0.1) is 12.8 Å². The summed E-state index contributed by atoms with van der Waals surface area (Å²) in [7, 11) is 0. The first-order valence-corrected chi connectivity index (χ1v) is 12.4. The number of nitrogens with zero attached hydrogens (tertiary/aromatic N) is 2. The van der Waals surface area contributed by atoms with Gasteiger partial charge in [0.05, 0.1) is 11.7 Å². The number of benzene rings is 1. The number of ether oxygens (including phenoxy) is 1. The Balaban J connectivity index is 1.15. The highest BCUT2D eigenvalue weighted by atomic mass is 32.1. The van der Waals surface area contributed by atoms with Crippen molar-refractivity contribution in [1.82, 2.24) is 10.3 Å². The fraction of sp³-hybridized carbons (Fsp3) is 0.440. The third-order valence-electron chi connectivity index (χ3n) is 7.26. The first-order valence-electron chi connectivity index (χ1n) is 11.6. The molecule has 1 aromatic carbocycles. The third kappa shape index (κ3) is 3.30. The van der Waals surface area contributed by atoms with E-state index in [1.807, 2.05) is 19.1 Å². The van der Waals surface area contributed by atoms with E-state index in [0.717, 1.165) is 39.6 Å². The van der Waals surface area contributed by atoms with Crippen LogP contribution in [-0.4, -0.2) is 36.1 Å². The summed E-state index contributed by atoms with van der Waals surface area (Å²) in [5.41, 5.74) is 10.1. The molecule has 1 amide bonds. The van der Waals surface area contributed by atoms with Crippen LogP contribution in [0.5, 0.6) is 5.75 Å². The average Bonchev–Trinajstić information content (AvgIpc) is 3.10. The van der Waals surface area contributed by atoms with Gasteiger partial charge < -0.3 is 20.7 Å². The van der Waals surface area contributed by atoms with Gasteiger partial charge in [0.25, 0.3) is 5.91 Å². The maximum absolute atomic E-state index is 13.0. The van der Waals surface area contributed by atoms with Crippen molar-refractivity contribution < 1.29 is 9.53 Å². The molecule has 32 heavy (non-hydrogen) atoms. The van der Waals surface area contributed by atoms with Crippen LogP contribution in [0.4, 0.5) is 11.4 Å². The number of aromatic nitrogens is 1.